The van der Waals surface area contributed by atoms with Gasteiger partial charge in [0.15, 0.2) is 0 Å². The Labute approximate surface area is 170 Å². The van der Waals surface area contributed by atoms with Crippen molar-refractivity contribution in [3.63, 3.8) is 0 Å². The van der Waals surface area contributed by atoms with Crippen LogP contribution in [0.25, 0.3) is 10.8 Å². The lowest BCUT2D eigenvalue weighted by molar-refractivity contribution is 0.114. The van der Waals surface area contributed by atoms with Gasteiger partial charge in [0.05, 0.1) is 0 Å². The third-order valence-electron chi connectivity index (χ3n) is 7.57. The van der Waals surface area contributed by atoms with Crippen molar-refractivity contribution in [1.29, 1.82) is 0 Å². The quantitative estimate of drug-likeness (QED) is 0.444. The van der Waals surface area contributed by atoms with Gasteiger partial charge in [0.2, 0.25) is 0 Å². The molecule has 0 amide bonds. The van der Waals surface area contributed by atoms with E-state index in [-0.39, 0.29) is 5.82 Å². The van der Waals surface area contributed by atoms with Gasteiger partial charge in [0.1, 0.15) is 5.82 Å². The average Bonchev–Trinajstić information content (AvgIpc) is 2.73. The summed E-state index contributed by atoms with van der Waals surface area (Å²) in [6.07, 6.45) is 14.6. The minimum Gasteiger partial charge on any atom is -0.206 e. The van der Waals surface area contributed by atoms with Crippen molar-refractivity contribution in [1.82, 2.24) is 0 Å². The summed E-state index contributed by atoms with van der Waals surface area (Å²) in [6.45, 7) is 6.08. The number of hydrogen-bond acceptors (Lipinski definition) is 0. The largest absolute Gasteiger partial charge is 0.206 e. The summed E-state index contributed by atoms with van der Waals surface area (Å²) in [6, 6.07) is 10.6. The van der Waals surface area contributed by atoms with Crippen LogP contribution in [0.2, 0.25) is 0 Å². The second kappa shape index (κ2) is 8.80. The first-order valence-electron chi connectivity index (χ1n) is 11.5. The molecule has 4 unspecified atom stereocenters. The van der Waals surface area contributed by atoms with Crippen molar-refractivity contribution in [2.75, 3.05) is 0 Å². The molecule has 150 valence electrons. The van der Waals surface area contributed by atoms with Gasteiger partial charge in [-0.3, -0.25) is 0 Å². The molecule has 0 nitrogen and oxygen atoms in total. The minimum absolute atomic E-state index is 0.0381. The second-order valence-electron chi connectivity index (χ2n) is 9.34. The monoisotopic (exact) mass is 378 g/mol. The Morgan fingerprint density at radius 1 is 1.04 bits per heavy atom. The van der Waals surface area contributed by atoms with Crippen molar-refractivity contribution in [2.45, 2.75) is 77.0 Å². The zero-order valence-electron chi connectivity index (χ0n) is 17.4. The number of benzene rings is 2. The van der Waals surface area contributed by atoms with Crippen LogP contribution < -0.4 is 0 Å². The minimum atomic E-state index is -0.0381. The molecule has 0 N–H and O–H groups in total. The van der Waals surface area contributed by atoms with Crippen molar-refractivity contribution in [3.8, 4) is 0 Å². The molecule has 4 rings (SSSR count). The third-order valence-corrected chi connectivity index (χ3v) is 7.57. The van der Waals surface area contributed by atoms with Crippen molar-refractivity contribution < 1.29 is 4.39 Å². The van der Waals surface area contributed by atoms with E-state index in [9.17, 15) is 4.39 Å². The van der Waals surface area contributed by atoms with Crippen LogP contribution in [0.1, 0.15) is 81.8 Å². The van der Waals surface area contributed by atoms with E-state index in [2.05, 4.69) is 31.7 Å². The zero-order valence-corrected chi connectivity index (χ0v) is 17.4. The summed E-state index contributed by atoms with van der Waals surface area (Å²) in [4.78, 5) is 0. The first-order chi connectivity index (χ1) is 13.7. The van der Waals surface area contributed by atoms with Gasteiger partial charge in [-0.2, -0.15) is 0 Å². The smallest absolute Gasteiger partial charge is 0.134 e. The number of rotatable bonds is 6. The van der Waals surface area contributed by atoms with E-state index in [1.165, 1.54) is 56.9 Å². The fraction of sp³-hybridized carbons (Fsp3) is 0.556. The molecule has 0 saturated heterocycles. The van der Waals surface area contributed by atoms with Gasteiger partial charge < -0.3 is 0 Å². The van der Waals surface area contributed by atoms with Crippen LogP contribution >= 0.6 is 0 Å². The summed E-state index contributed by atoms with van der Waals surface area (Å²) in [7, 11) is 0. The first kappa shape index (κ1) is 19.7. The molecule has 28 heavy (non-hydrogen) atoms. The Bertz CT molecular complexity index is 820. The Hall–Kier alpha value is -1.63. The van der Waals surface area contributed by atoms with E-state index in [1.54, 1.807) is 0 Å². The van der Waals surface area contributed by atoms with Crippen molar-refractivity contribution in [3.05, 3.63) is 59.9 Å². The van der Waals surface area contributed by atoms with Gasteiger partial charge in [-0.15, -0.1) is 6.58 Å². The van der Waals surface area contributed by atoms with Crippen molar-refractivity contribution in [2.24, 2.45) is 17.8 Å². The Morgan fingerprint density at radius 2 is 1.86 bits per heavy atom. The van der Waals surface area contributed by atoms with Crippen LogP contribution in [0.3, 0.4) is 0 Å². The van der Waals surface area contributed by atoms with Crippen LogP contribution in [-0.4, -0.2) is 0 Å². The van der Waals surface area contributed by atoms with E-state index < -0.39 is 0 Å². The van der Waals surface area contributed by atoms with Gasteiger partial charge in [0.25, 0.3) is 0 Å². The fourth-order valence-corrected chi connectivity index (χ4v) is 6.02. The zero-order chi connectivity index (χ0) is 19.5. The second-order valence-corrected chi connectivity index (χ2v) is 9.34. The topological polar surface area (TPSA) is 0 Å². The van der Waals surface area contributed by atoms with Gasteiger partial charge in [0, 0.05) is 5.39 Å². The summed E-state index contributed by atoms with van der Waals surface area (Å²) < 4.78 is 14.9. The van der Waals surface area contributed by atoms with Gasteiger partial charge in [-0.1, -0.05) is 62.6 Å². The molecule has 0 aromatic heterocycles. The lowest BCUT2D eigenvalue weighted by Gasteiger charge is -2.42. The average molecular weight is 379 g/mol. The molecule has 2 fully saturated rings. The highest BCUT2D eigenvalue weighted by Crippen LogP contribution is 2.48. The molecule has 2 aliphatic carbocycles. The van der Waals surface area contributed by atoms with Crippen LogP contribution in [0, 0.1) is 23.6 Å². The van der Waals surface area contributed by atoms with Gasteiger partial charge >= 0.3 is 0 Å². The molecule has 2 saturated carbocycles. The number of aryl methyl sites for hydroxylation is 1. The fourth-order valence-electron chi connectivity index (χ4n) is 6.02. The van der Waals surface area contributed by atoms with E-state index in [0.717, 1.165) is 46.9 Å². The molecule has 0 bridgehead atoms. The molecule has 2 aromatic carbocycles. The van der Waals surface area contributed by atoms with Crippen LogP contribution in [0.15, 0.2) is 43.0 Å². The molecule has 0 heterocycles. The van der Waals surface area contributed by atoms with E-state index in [1.807, 2.05) is 18.2 Å². The molecule has 0 radical (unpaired) electrons. The predicted octanol–water partition coefficient (Wildman–Crippen LogP) is 8.20. The van der Waals surface area contributed by atoms with Gasteiger partial charge in [-0.25, -0.2) is 4.39 Å². The van der Waals surface area contributed by atoms with Crippen LogP contribution in [0.5, 0.6) is 0 Å². The number of hydrogen-bond donors (Lipinski definition) is 0. The molecule has 4 atom stereocenters. The lowest BCUT2D eigenvalue weighted by atomic mass is 9.63. The summed E-state index contributed by atoms with van der Waals surface area (Å²) in [5.41, 5.74) is 2.24. The molecular formula is C27H35F. The maximum Gasteiger partial charge on any atom is 0.134 e. The Morgan fingerprint density at radius 3 is 2.68 bits per heavy atom. The van der Waals surface area contributed by atoms with Gasteiger partial charge in [-0.05, 0) is 85.1 Å². The SMILES string of the molecule is C=CCCc1ccc2cc(C3CCC4CC(CCC)CCC4C3)ccc2c1F. The molecule has 0 aliphatic heterocycles. The Balaban J connectivity index is 1.48. The maximum atomic E-state index is 14.9. The highest BCUT2D eigenvalue weighted by atomic mass is 19.1. The third kappa shape index (κ3) is 4.04. The molecule has 1 heteroatoms. The number of allylic oxidation sites excluding steroid dienone is 1. The molecule has 2 aliphatic rings. The van der Waals surface area contributed by atoms with E-state index in [0.29, 0.717) is 5.92 Å². The van der Waals surface area contributed by atoms with Crippen LogP contribution in [0.4, 0.5) is 4.39 Å². The number of fused-ring (bicyclic) bond motifs is 2. The summed E-state index contributed by atoms with van der Waals surface area (Å²) >= 11 is 0. The highest BCUT2D eigenvalue weighted by Gasteiger charge is 2.35. The first-order valence-corrected chi connectivity index (χ1v) is 11.5. The van der Waals surface area contributed by atoms with Crippen molar-refractivity contribution >= 4 is 10.8 Å². The lowest BCUT2D eigenvalue weighted by Crippen LogP contribution is -2.30. The molecule has 0 spiro atoms. The molecule has 2 aromatic rings. The van der Waals surface area contributed by atoms with Crippen LogP contribution in [-0.2, 0) is 6.42 Å². The number of halogens is 1. The Kier molecular flexibility index (Phi) is 6.19. The molecular weight excluding hydrogens is 343 g/mol. The van der Waals surface area contributed by atoms with E-state index >= 15 is 0 Å². The summed E-state index contributed by atoms with van der Waals surface area (Å²) in [5, 5.41) is 1.84. The standard InChI is InChI=1S/C27H35F/c1-3-5-7-20-10-13-25-18-24(14-15-26(25)27(20)28)23-12-11-21-16-19(6-4-2)8-9-22(21)17-23/h3,10,13-15,18-19,21-23H,1,4-9,11-12,16-17H2,2H3. The predicted molar refractivity (Wildman–Crippen MR) is 118 cm³/mol. The van der Waals surface area contributed by atoms with E-state index in [4.69, 9.17) is 0 Å². The summed E-state index contributed by atoms with van der Waals surface area (Å²) in [5.74, 6) is 3.50. The normalized spacial score (nSPS) is 27.5. The maximum absolute atomic E-state index is 14.9. The highest BCUT2D eigenvalue weighted by molar-refractivity contribution is 5.84.